The molecule has 3 nitrogen and oxygen atoms in total. The number of hydrogen-bond donors (Lipinski definition) is 0. The number of rotatable bonds is 8. The molecule has 1 aromatic rings. The summed E-state index contributed by atoms with van der Waals surface area (Å²) < 4.78 is 47.5. The molecule has 0 saturated heterocycles. The smallest absolute Gasteiger partial charge is 0.341 e. The Hall–Kier alpha value is -0.880. The van der Waals surface area contributed by atoms with E-state index in [0.29, 0.717) is 12.4 Å². The SMILES string of the molecule is CCCCN(CCCl)c1ccc(S(=O)(=O)C(F)F)cc1. The molecule has 0 saturated carbocycles. The Kier molecular flexibility index (Phi) is 6.68. The third-order valence-electron chi connectivity index (χ3n) is 2.90. The number of sulfone groups is 1. The zero-order valence-corrected chi connectivity index (χ0v) is 12.8. The normalized spacial score (nSPS) is 11.8. The van der Waals surface area contributed by atoms with E-state index < -0.39 is 15.6 Å². The summed E-state index contributed by atoms with van der Waals surface area (Å²) in [5, 5.41) is 0. The largest absolute Gasteiger partial charge is 0.370 e. The molecular weight excluding hydrogens is 308 g/mol. The van der Waals surface area contributed by atoms with Crippen LogP contribution in [0.1, 0.15) is 19.8 Å². The van der Waals surface area contributed by atoms with Crippen molar-refractivity contribution in [2.75, 3.05) is 23.9 Å². The second-order valence-electron chi connectivity index (χ2n) is 4.33. The second kappa shape index (κ2) is 7.78. The monoisotopic (exact) mass is 325 g/mol. The van der Waals surface area contributed by atoms with E-state index in [4.69, 9.17) is 11.6 Å². The maximum atomic E-state index is 12.4. The van der Waals surface area contributed by atoms with E-state index >= 15 is 0 Å². The first-order valence-corrected chi connectivity index (χ1v) is 8.44. The van der Waals surface area contributed by atoms with Crippen LogP contribution in [0.2, 0.25) is 0 Å². The molecule has 0 amide bonds. The molecule has 0 aromatic heterocycles. The third kappa shape index (κ3) is 4.31. The van der Waals surface area contributed by atoms with E-state index in [9.17, 15) is 17.2 Å². The molecule has 0 atom stereocenters. The number of alkyl halides is 3. The van der Waals surface area contributed by atoms with Crippen LogP contribution in [0, 0.1) is 0 Å². The molecule has 0 heterocycles. The van der Waals surface area contributed by atoms with Gasteiger partial charge in [-0.1, -0.05) is 13.3 Å². The van der Waals surface area contributed by atoms with Gasteiger partial charge in [0.15, 0.2) is 0 Å². The molecule has 20 heavy (non-hydrogen) atoms. The first-order chi connectivity index (χ1) is 9.43. The van der Waals surface area contributed by atoms with E-state index in [0.717, 1.165) is 25.1 Å². The van der Waals surface area contributed by atoms with Crippen molar-refractivity contribution in [1.29, 1.82) is 0 Å². The lowest BCUT2D eigenvalue weighted by atomic mass is 10.2. The van der Waals surface area contributed by atoms with Gasteiger partial charge >= 0.3 is 5.76 Å². The van der Waals surface area contributed by atoms with Crippen LogP contribution in [0.4, 0.5) is 14.5 Å². The van der Waals surface area contributed by atoms with E-state index in [1.165, 1.54) is 24.3 Å². The fraction of sp³-hybridized carbons (Fsp3) is 0.538. The lowest BCUT2D eigenvalue weighted by Gasteiger charge is -2.24. The standard InChI is InChI=1S/C13H18ClF2NO2S/c1-2-3-9-17(10-8-14)11-4-6-12(7-5-11)20(18,19)13(15)16/h4-7,13H,2-3,8-10H2,1H3. The van der Waals surface area contributed by atoms with Gasteiger partial charge in [-0.2, -0.15) is 8.78 Å². The Bertz CT molecular complexity index is 506. The Balaban J connectivity index is 2.93. The Morgan fingerprint density at radius 2 is 1.80 bits per heavy atom. The third-order valence-corrected chi connectivity index (χ3v) is 4.47. The summed E-state index contributed by atoms with van der Waals surface area (Å²) in [6.07, 6.45) is 2.00. The van der Waals surface area contributed by atoms with Gasteiger partial charge in [-0.05, 0) is 30.7 Å². The number of benzene rings is 1. The summed E-state index contributed by atoms with van der Waals surface area (Å²) in [5.74, 6) is -2.95. The van der Waals surface area contributed by atoms with Crippen molar-refractivity contribution >= 4 is 27.1 Å². The lowest BCUT2D eigenvalue weighted by molar-refractivity contribution is 0.234. The van der Waals surface area contributed by atoms with Gasteiger partial charge in [-0.15, -0.1) is 11.6 Å². The van der Waals surface area contributed by atoms with Crippen molar-refractivity contribution in [3.63, 3.8) is 0 Å². The van der Waals surface area contributed by atoms with Crippen LogP contribution in [0.15, 0.2) is 29.2 Å². The Morgan fingerprint density at radius 3 is 2.25 bits per heavy atom. The first-order valence-electron chi connectivity index (χ1n) is 6.36. The zero-order chi connectivity index (χ0) is 15.2. The zero-order valence-electron chi connectivity index (χ0n) is 11.2. The fourth-order valence-corrected chi connectivity index (χ4v) is 2.70. The highest BCUT2D eigenvalue weighted by Crippen LogP contribution is 2.22. The van der Waals surface area contributed by atoms with Gasteiger partial charge in [0.25, 0.3) is 0 Å². The van der Waals surface area contributed by atoms with Crippen LogP contribution in [0.25, 0.3) is 0 Å². The summed E-state index contributed by atoms with van der Waals surface area (Å²) in [6.45, 7) is 3.49. The predicted octanol–water partition coefficient (Wildman–Crippen LogP) is 3.53. The van der Waals surface area contributed by atoms with Crippen LogP contribution in [0.5, 0.6) is 0 Å². The summed E-state index contributed by atoms with van der Waals surface area (Å²) in [7, 11) is -4.53. The van der Waals surface area contributed by atoms with Gasteiger partial charge in [0.2, 0.25) is 9.84 Å². The molecule has 1 aromatic carbocycles. The van der Waals surface area contributed by atoms with Gasteiger partial charge in [0.1, 0.15) is 0 Å². The minimum Gasteiger partial charge on any atom is -0.370 e. The quantitative estimate of drug-likeness (QED) is 0.686. The highest BCUT2D eigenvalue weighted by molar-refractivity contribution is 7.91. The minimum absolute atomic E-state index is 0.363. The summed E-state index contributed by atoms with van der Waals surface area (Å²) in [4.78, 5) is 1.65. The predicted molar refractivity (Wildman–Crippen MR) is 77.5 cm³/mol. The lowest BCUT2D eigenvalue weighted by Crippen LogP contribution is -2.26. The molecule has 0 N–H and O–H groups in total. The molecule has 0 aliphatic carbocycles. The highest BCUT2D eigenvalue weighted by Gasteiger charge is 2.26. The molecule has 7 heteroatoms. The Labute approximate surface area is 123 Å². The topological polar surface area (TPSA) is 37.4 Å². The molecule has 0 spiro atoms. The van der Waals surface area contributed by atoms with E-state index in [-0.39, 0.29) is 4.90 Å². The number of unbranched alkanes of at least 4 members (excludes halogenated alkanes) is 1. The van der Waals surface area contributed by atoms with Gasteiger partial charge in [-0.25, -0.2) is 8.42 Å². The van der Waals surface area contributed by atoms with E-state index in [1.54, 1.807) is 0 Å². The molecular formula is C13H18ClF2NO2S. The molecule has 0 radical (unpaired) electrons. The summed E-state index contributed by atoms with van der Waals surface area (Å²) >= 11 is 5.73. The minimum atomic E-state index is -4.53. The summed E-state index contributed by atoms with van der Waals surface area (Å²) in [6, 6.07) is 5.50. The maximum absolute atomic E-state index is 12.4. The number of halogens is 3. The van der Waals surface area contributed by atoms with E-state index in [2.05, 4.69) is 6.92 Å². The first kappa shape index (κ1) is 17.2. The van der Waals surface area contributed by atoms with Gasteiger partial charge in [0.05, 0.1) is 4.90 Å². The van der Waals surface area contributed by atoms with Gasteiger partial charge < -0.3 is 4.90 Å². The second-order valence-corrected chi connectivity index (χ2v) is 6.62. The molecule has 0 aliphatic heterocycles. The number of nitrogens with zero attached hydrogens (tertiary/aromatic N) is 1. The van der Waals surface area contributed by atoms with Crippen LogP contribution < -0.4 is 4.90 Å². The average Bonchev–Trinajstić information content (AvgIpc) is 2.43. The molecule has 0 fully saturated rings. The maximum Gasteiger partial charge on any atom is 0.341 e. The van der Waals surface area contributed by atoms with Crippen molar-refractivity contribution in [2.45, 2.75) is 30.4 Å². The van der Waals surface area contributed by atoms with Crippen molar-refractivity contribution < 1.29 is 17.2 Å². The molecule has 1 rings (SSSR count). The molecule has 114 valence electrons. The van der Waals surface area contributed by atoms with Crippen LogP contribution in [-0.2, 0) is 9.84 Å². The highest BCUT2D eigenvalue weighted by atomic mass is 35.5. The van der Waals surface area contributed by atoms with Crippen molar-refractivity contribution in [3.05, 3.63) is 24.3 Å². The molecule has 0 aliphatic rings. The summed E-state index contributed by atoms with van der Waals surface area (Å²) in [5.41, 5.74) is 0.785. The molecule has 0 bridgehead atoms. The van der Waals surface area contributed by atoms with Gasteiger partial charge in [0, 0.05) is 24.7 Å². The fourth-order valence-electron chi connectivity index (χ4n) is 1.77. The van der Waals surface area contributed by atoms with E-state index in [1.807, 2.05) is 4.90 Å². The van der Waals surface area contributed by atoms with Crippen molar-refractivity contribution in [2.24, 2.45) is 0 Å². The van der Waals surface area contributed by atoms with Crippen LogP contribution in [0.3, 0.4) is 0 Å². The number of hydrogen-bond acceptors (Lipinski definition) is 3. The van der Waals surface area contributed by atoms with Crippen molar-refractivity contribution in [3.8, 4) is 0 Å². The van der Waals surface area contributed by atoms with Crippen molar-refractivity contribution in [1.82, 2.24) is 0 Å². The van der Waals surface area contributed by atoms with Crippen LogP contribution in [-0.4, -0.2) is 33.1 Å². The van der Waals surface area contributed by atoms with Crippen LogP contribution >= 0.6 is 11.6 Å². The van der Waals surface area contributed by atoms with Gasteiger partial charge in [-0.3, -0.25) is 0 Å². The average molecular weight is 326 g/mol. The molecule has 0 unspecified atom stereocenters. The Morgan fingerprint density at radius 1 is 1.20 bits per heavy atom. The number of anilines is 1.